The second-order valence-electron chi connectivity index (χ2n) is 3.51. The first kappa shape index (κ1) is 11.1. The second-order valence-corrected chi connectivity index (χ2v) is 3.51. The van der Waals surface area contributed by atoms with Gasteiger partial charge in [-0.25, -0.2) is 0 Å². The first-order chi connectivity index (χ1) is 7.90. The van der Waals surface area contributed by atoms with Gasteiger partial charge >= 0.3 is 0 Å². The molecular formula is C10H16N4O2. The Balaban J connectivity index is 1.88. The molecule has 1 N–H and O–H groups in total. The molecule has 0 unspecified atom stereocenters. The number of morpholine rings is 1. The normalized spacial score (nSPS) is 16.4. The van der Waals surface area contributed by atoms with Crippen molar-refractivity contribution in [1.29, 1.82) is 0 Å². The van der Waals surface area contributed by atoms with E-state index in [1.54, 1.807) is 6.08 Å². The average Bonchev–Trinajstić information content (AvgIpc) is 2.79. The van der Waals surface area contributed by atoms with Crippen LogP contribution in [0.3, 0.4) is 0 Å². The second kappa shape index (κ2) is 5.62. The minimum atomic E-state index is 0.573. The van der Waals surface area contributed by atoms with Crippen LogP contribution in [0.15, 0.2) is 17.2 Å². The molecule has 88 valence electrons. The summed E-state index contributed by atoms with van der Waals surface area (Å²) in [5, 5.41) is 7.05. The predicted molar refractivity (Wildman–Crippen MR) is 59.2 cm³/mol. The van der Waals surface area contributed by atoms with Gasteiger partial charge in [-0.1, -0.05) is 6.08 Å². The molecule has 0 aliphatic carbocycles. The van der Waals surface area contributed by atoms with E-state index in [2.05, 4.69) is 26.9 Å². The van der Waals surface area contributed by atoms with Crippen LogP contribution in [0.5, 0.6) is 0 Å². The molecule has 0 radical (unpaired) electrons. The Bertz CT molecular complexity index is 333. The molecule has 0 amide bonds. The Hall–Kier alpha value is -1.40. The number of hydrogen-bond acceptors (Lipinski definition) is 6. The lowest BCUT2D eigenvalue weighted by atomic mass is 10.4. The van der Waals surface area contributed by atoms with Crippen molar-refractivity contribution in [3.05, 3.63) is 18.5 Å². The number of ether oxygens (including phenoxy) is 1. The third kappa shape index (κ3) is 2.80. The van der Waals surface area contributed by atoms with E-state index < -0.39 is 0 Å². The van der Waals surface area contributed by atoms with E-state index in [-0.39, 0.29) is 0 Å². The van der Waals surface area contributed by atoms with E-state index in [0.717, 1.165) is 32.8 Å². The molecule has 1 aromatic heterocycles. The molecule has 6 heteroatoms. The summed E-state index contributed by atoms with van der Waals surface area (Å²) in [6.45, 7) is 8.00. The lowest BCUT2D eigenvalue weighted by molar-refractivity contribution is 0.121. The molecule has 2 heterocycles. The van der Waals surface area contributed by atoms with Crippen LogP contribution >= 0.6 is 0 Å². The summed E-state index contributed by atoms with van der Waals surface area (Å²) < 4.78 is 10.4. The van der Waals surface area contributed by atoms with Crippen molar-refractivity contribution >= 4 is 5.95 Å². The number of nitrogens with zero attached hydrogens (tertiary/aromatic N) is 3. The molecule has 0 bridgehead atoms. The predicted octanol–water partition coefficient (Wildman–Crippen LogP) is 0.182. The topological polar surface area (TPSA) is 63.4 Å². The lowest BCUT2D eigenvalue weighted by Gasteiger charge is -2.24. The summed E-state index contributed by atoms with van der Waals surface area (Å²) in [6.07, 6.45) is 1.79. The van der Waals surface area contributed by atoms with Crippen LogP contribution in [0.25, 0.3) is 0 Å². The third-order valence-electron chi connectivity index (χ3n) is 2.32. The van der Waals surface area contributed by atoms with Gasteiger partial charge in [-0.3, -0.25) is 0 Å². The smallest absolute Gasteiger partial charge is 0.266 e. The summed E-state index contributed by atoms with van der Waals surface area (Å²) >= 11 is 0. The highest BCUT2D eigenvalue weighted by Gasteiger charge is 2.16. The zero-order chi connectivity index (χ0) is 11.2. The standard InChI is InChI=1S/C10H16N4O2/c1-2-3-11-8-9-12-10(13-16-9)14-4-6-15-7-5-14/h2,11H,1,3-8H2. The Kier molecular flexibility index (Phi) is 3.90. The van der Waals surface area contributed by atoms with Crippen LogP contribution in [0.1, 0.15) is 5.89 Å². The van der Waals surface area contributed by atoms with E-state index >= 15 is 0 Å². The highest BCUT2D eigenvalue weighted by Crippen LogP contribution is 2.10. The minimum absolute atomic E-state index is 0.573. The summed E-state index contributed by atoms with van der Waals surface area (Å²) in [5.74, 6) is 1.25. The van der Waals surface area contributed by atoms with Crippen LogP contribution in [-0.2, 0) is 11.3 Å². The van der Waals surface area contributed by atoms with Crippen molar-refractivity contribution in [3.63, 3.8) is 0 Å². The van der Waals surface area contributed by atoms with Gasteiger partial charge in [0.25, 0.3) is 5.95 Å². The van der Waals surface area contributed by atoms with Gasteiger partial charge < -0.3 is 19.5 Å². The highest BCUT2D eigenvalue weighted by molar-refractivity contribution is 5.27. The monoisotopic (exact) mass is 224 g/mol. The van der Waals surface area contributed by atoms with Gasteiger partial charge in [0.15, 0.2) is 0 Å². The Morgan fingerprint density at radius 2 is 2.25 bits per heavy atom. The first-order valence-electron chi connectivity index (χ1n) is 5.37. The SMILES string of the molecule is C=CCNCc1nc(N2CCOCC2)no1. The number of aromatic nitrogens is 2. The molecule has 1 aliphatic rings. The van der Waals surface area contributed by atoms with E-state index in [0.29, 0.717) is 18.4 Å². The van der Waals surface area contributed by atoms with Crippen molar-refractivity contribution in [2.24, 2.45) is 0 Å². The van der Waals surface area contributed by atoms with Gasteiger partial charge in [-0.05, 0) is 5.16 Å². The molecule has 16 heavy (non-hydrogen) atoms. The van der Waals surface area contributed by atoms with Crippen molar-refractivity contribution in [2.45, 2.75) is 6.54 Å². The van der Waals surface area contributed by atoms with Crippen molar-refractivity contribution < 1.29 is 9.26 Å². The summed E-state index contributed by atoms with van der Waals surface area (Å²) in [6, 6.07) is 0. The van der Waals surface area contributed by atoms with E-state index in [1.807, 2.05) is 0 Å². The molecule has 6 nitrogen and oxygen atoms in total. The summed E-state index contributed by atoms with van der Waals surface area (Å²) in [7, 11) is 0. The van der Waals surface area contributed by atoms with Crippen LogP contribution in [0.4, 0.5) is 5.95 Å². The van der Waals surface area contributed by atoms with E-state index in [1.165, 1.54) is 0 Å². The van der Waals surface area contributed by atoms with Crippen LogP contribution in [0, 0.1) is 0 Å². The van der Waals surface area contributed by atoms with Crippen molar-refractivity contribution in [3.8, 4) is 0 Å². The zero-order valence-electron chi connectivity index (χ0n) is 9.19. The molecule has 0 saturated carbocycles. The maximum absolute atomic E-state index is 5.26. The average molecular weight is 224 g/mol. The maximum Gasteiger partial charge on any atom is 0.266 e. The third-order valence-corrected chi connectivity index (χ3v) is 2.32. The Labute approximate surface area is 94.3 Å². The number of rotatable bonds is 5. The lowest BCUT2D eigenvalue weighted by Crippen LogP contribution is -2.36. The maximum atomic E-state index is 5.26. The molecule has 1 saturated heterocycles. The van der Waals surface area contributed by atoms with Gasteiger partial charge in [0.05, 0.1) is 19.8 Å². The van der Waals surface area contributed by atoms with Crippen molar-refractivity contribution in [2.75, 3.05) is 37.7 Å². The summed E-state index contributed by atoms with van der Waals surface area (Å²) in [4.78, 5) is 6.36. The molecular weight excluding hydrogens is 208 g/mol. The largest absolute Gasteiger partial charge is 0.378 e. The molecule has 1 aliphatic heterocycles. The van der Waals surface area contributed by atoms with E-state index in [9.17, 15) is 0 Å². The Morgan fingerprint density at radius 3 is 3.00 bits per heavy atom. The molecule has 0 atom stereocenters. The van der Waals surface area contributed by atoms with Gasteiger partial charge in [-0.2, -0.15) is 4.98 Å². The van der Waals surface area contributed by atoms with Gasteiger partial charge in [-0.15, -0.1) is 6.58 Å². The fourth-order valence-electron chi connectivity index (χ4n) is 1.49. The molecule has 1 fully saturated rings. The van der Waals surface area contributed by atoms with E-state index in [4.69, 9.17) is 9.26 Å². The Morgan fingerprint density at radius 1 is 1.44 bits per heavy atom. The summed E-state index contributed by atoms with van der Waals surface area (Å²) in [5.41, 5.74) is 0. The van der Waals surface area contributed by atoms with Crippen molar-refractivity contribution in [1.82, 2.24) is 15.5 Å². The minimum Gasteiger partial charge on any atom is -0.378 e. The quantitative estimate of drug-likeness (QED) is 0.568. The molecule has 2 rings (SSSR count). The van der Waals surface area contributed by atoms with Crippen LogP contribution < -0.4 is 10.2 Å². The number of hydrogen-bond donors (Lipinski definition) is 1. The fourth-order valence-corrected chi connectivity index (χ4v) is 1.49. The molecule has 0 aromatic carbocycles. The van der Waals surface area contributed by atoms with Gasteiger partial charge in [0.1, 0.15) is 0 Å². The number of nitrogens with one attached hydrogen (secondary N) is 1. The van der Waals surface area contributed by atoms with Crippen LogP contribution in [-0.4, -0.2) is 43.0 Å². The fraction of sp³-hybridized carbons (Fsp3) is 0.600. The zero-order valence-corrected chi connectivity index (χ0v) is 9.19. The molecule has 1 aromatic rings. The number of anilines is 1. The van der Waals surface area contributed by atoms with Gasteiger partial charge in [0, 0.05) is 19.6 Å². The molecule has 0 spiro atoms. The first-order valence-corrected chi connectivity index (χ1v) is 5.37. The van der Waals surface area contributed by atoms with Crippen LogP contribution in [0.2, 0.25) is 0 Å². The highest BCUT2D eigenvalue weighted by atomic mass is 16.5. The van der Waals surface area contributed by atoms with Gasteiger partial charge in [0.2, 0.25) is 5.89 Å².